The molecule has 0 N–H and O–H groups in total. The summed E-state index contributed by atoms with van der Waals surface area (Å²) < 4.78 is 7.55. The van der Waals surface area contributed by atoms with E-state index in [0.717, 1.165) is 18.5 Å². The molecular weight excluding hydrogens is 550 g/mol. The molecule has 2 rings (SSSR count). The van der Waals surface area contributed by atoms with Gasteiger partial charge in [0.25, 0.3) is 5.69 Å². The van der Waals surface area contributed by atoms with Crippen molar-refractivity contribution < 1.29 is 14.5 Å². The van der Waals surface area contributed by atoms with Crippen molar-refractivity contribution in [2.75, 3.05) is 6.61 Å². The van der Waals surface area contributed by atoms with E-state index in [1.54, 1.807) is 24.4 Å². The number of nitro benzene ring substituents is 1. The van der Waals surface area contributed by atoms with E-state index < -0.39 is 4.92 Å². The average molecular weight is 564 g/mol. The van der Waals surface area contributed by atoms with Crippen molar-refractivity contribution in [3.63, 3.8) is 0 Å². The van der Waals surface area contributed by atoms with Gasteiger partial charge in [0.05, 0.1) is 18.3 Å². The van der Waals surface area contributed by atoms with Crippen molar-refractivity contribution >= 4 is 57.1 Å². The van der Waals surface area contributed by atoms with Crippen LogP contribution in [0.4, 0.5) is 5.69 Å². The minimum Gasteiger partial charge on any atom is -0.487 e. The van der Waals surface area contributed by atoms with Gasteiger partial charge in [0.15, 0.2) is 0 Å². The summed E-state index contributed by atoms with van der Waals surface area (Å²) in [5, 5.41) is 14.7. The first-order valence-corrected chi connectivity index (χ1v) is 9.28. The normalized spacial score (nSPS) is 10.6. The molecule has 0 heterocycles. The largest absolute Gasteiger partial charge is 0.487 e. The van der Waals surface area contributed by atoms with Gasteiger partial charge in [0, 0.05) is 12.1 Å². The molecule has 25 heavy (non-hydrogen) atoms. The fourth-order valence-corrected chi connectivity index (χ4v) is 4.03. The topological polar surface area (TPSA) is 74.0 Å². The molecule has 0 aliphatic rings. The van der Waals surface area contributed by atoms with Gasteiger partial charge in [-0.1, -0.05) is 29.9 Å². The Morgan fingerprint density at radius 3 is 2.60 bits per heavy atom. The van der Waals surface area contributed by atoms with Crippen LogP contribution in [0.15, 0.2) is 54.2 Å². The highest BCUT2D eigenvalue weighted by molar-refractivity contribution is 14.1. The predicted molar refractivity (Wildman–Crippen MR) is 113 cm³/mol. The minimum absolute atomic E-state index is 0.0318. The van der Waals surface area contributed by atoms with E-state index >= 15 is 0 Å². The number of halogens is 2. The zero-order chi connectivity index (χ0) is 18.2. The second kappa shape index (κ2) is 9.70. The monoisotopic (exact) mass is 564 g/mol. The smallest absolute Gasteiger partial charge is 0.269 e. The van der Waals surface area contributed by atoms with Gasteiger partial charge in [-0.2, -0.15) is 0 Å². The first-order valence-electron chi connectivity index (χ1n) is 7.12. The fourth-order valence-electron chi connectivity index (χ4n) is 1.90. The maximum atomic E-state index is 10.7. The van der Waals surface area contributed by atoms with Crippen LogP contribution in [0.2, 0.25) is 0 Å². The molecule has 130 valence electrons. The van der Waals surface area contributed by atoms with E-state index in [9.17, 15) is 10.1 Å². The molecule has 0 bridgehead atoms. The quantitative estimate of drug-likeness (QED) is 0.150. The van der Waals surface area contributed by atoms with Crippen LogP contribution < -0.4 is 4.74 Å². The first-order chi connectivity index (χ1) is 12.0. The van der Waals surface area contributed by atoms with Gasteiger partial charge in [-0.3, -0.25) is 10.1 Å². The van der Waals surface area contributed by atoms with E-state index in [-0.39, 0.29) is 12.3 Å². The van der Waals surface area contributed by atoms with E-state index in [4.69, 9.17) is 9.57 Å². The lowest BCUT2D eigenvalue weighted by Crippen LogP contribution is -1.99. The Bertz CT molecular complexity index is 786. The highest BCUT2D eigenvalue weighted by Crippen LogP contribution is 2.28. The molecule has 0 spiro atoms. The summed E-state index contributed by atoms with van der Waals surface area (Å²) >= 11 is 4.40. The van der Waals surface area contributed by atoms with E-state index in [1.807, 2.05) is 12.1 Å². The van der Waals surface area contributed by atoms with Crippen molar-refractivity contribution in [2.45, 2.75) is 6.61 Å². The lowest BCUT2D eigenvalue weighted by Gasteiger charge is -2.09. The van der Waals surface area contributed by atoms with Crippen LogP contribution >= 0.6 is 45.2 Å². The minimum atomic E-state index is -0.438. The molecule has 0 fully saturated rings. The molecule has 0 amide bonds. The van der Waals surface area contributed by atoms with Gasteiger partial charge in [-0.15, -0.1) is 0 Å². The zero-order valence-electron chi connectivity index (χ0n) is 13.0. The number of nitrogens with zero attached hydrogens (tertiary/aromatic N) is 2. The zero-order valence-corrected chi connectivity index (χ0v) is 17.3. The van der Waals surface area contributed by atoms with Crippen molar-refractivity contribution in [3.8, 4) is 5.75 Å². The van der Waals surface area contributed by atoms with Crippen LogP contribution in [-0.2, 0) is 11.4 Å². The number of hydrogen-bond donors (Lipinski definition) is 0. The third-order valence-corrected chi connectivity index (χ3v) is 4.60. The second-order valence-electron chi connectivity index (χ2n) is 4.85. The summed E-state index contributed by atoms with van der Waals surface area (Å²) in [5.41, 5.74) is 1.59. The van der Waals surface area contributed by atoms with E-state index in [1.165, 1.54) is 12.1 Å². The number of ether oxygens (including phenoxy) is 1. The average Bonchev–Trinajstić information content (AvgIpc) is 2.58. The molecule has 0 radical (unpaired) electrons. The van der Waals surface area contributed by atoms with Gasteiger partial charge >= 0.3 is 0 Å². The van der Waals surface area contributed by atoms with Crippen molar-refractivity contribution in [1.29, 1.82) is 0 Å². The van der Waals surface area contributed by atoms with Crippen LogP contribution in [-0.4, -0.2) is 17.7 Å². The fraction of sp³-hybridized carbons (Fsp3) is 0.118. The Balaban J connectivity index is 1.99. The summed E-state index contributed by atoms with van der Waals surface area (Å²) in [6.45, 7) is 4.25. The maximum Gasteiger partial charge on any atom is 0.269 e. The van der Waals surface area contributed by atoms with Gasteiger partial charge in [-0.25, -0.2) is 0 Å². The summed E-state index contributed by atoms with van der Waals surface area (Å²) in [6.07, 6.45) is 3.29. The SMILES string of the molecule is C=CCOc1c(I)cc(/C=N\OCc2cccc([N+](=O)[O-])c2)cc1I. The third kappa shape index (κ3) is 5.96. The molecule has 0 aromatic heterocycles. The Hall–Kier alpha value is -1.69. The summed E-state index contributed by atoms with van der Waals surface area (Å²) in [6, 6.07) is 10.1. The molecule has 0 unspecified atom stereocenters. The van der Waals surface area contributed by atoms with E-state index in [2.05, 4.69) is 56.9 Å². The molecule has 2 aromatic carbocycles. The predicted octanol–water partition coefficient (Wildman–Crippen LogP) is 4.92. The molecule has 0 atom stereocenters. The highest BCUT2D eigenvalue weighted by atomic mass is 127. The van der Waals surface area contributed by atoms with Gasteiger partial charge in [-0.05, 0) is 68.4 Å². The van der Waals surface area contributed by atoms with Crippen molar-refractivity contribution in [3.05, 3.63) is 77.4 Å². The summed E-state index contributed by atoms with van der Waals surface area (Å²) in [7, 11) is 0. The third-order valence-electron chi connectivity index (χ3n) is 3.00. The molecular formula is C17H14I2N2O4. The van der Waals surface area contributed by atoms with Gasteiger partial charge in [0.1, 0.15) is 19.0 Å². The number of nitro groups is 1. The second-order valence-corrected chi connectivity index (χ2v) is 7.17. The number of rotatable bonds is 8. The van der Waals surface area contributed by atoms with Crippen LogP contribution in [0, 0.1) is 17.3 Å². The molecule has 0 saturated heterocycles. The van der Waals surface area contributed by atoms with Crippen LogP contribution in [0.25, 0.3) is 0 Å². The van der Waals surface area contributed by atoms with Crippen LogP contribution in [0.1, 0.15) is 11.1 Å². The number of non-ortho nitro benzene ring substituents is 1. The number of hydrogen-bond acceptors (Lipinski definition) is 5. The lowest BCUT2D eigenvalue weighted by molar-refractivity contribution is -0.384. The number of benzene rings is 2. The molecule has 0 aliphatic carbocycles. The molecule has 0 saturated carbocycles. The van der Waals surface area contributed by atoms with Crippen molar-refractivity contribution in [2.24, 2.45) is 5.16 Å². The van der Waals surface area contributed by atoms with Crippen LogP contribution in [0.3, 0.4) is 0 Å². The summed E-state index contributed by atoms with van der Waals surface area (Å²) in [4.78, 5) is 15.5. The Labute approximate surface area is 172 Å². The van der Waals surface area contributed by atoms with Crippen LogP contribution in [0.5, 0.6) is 5.75 Å². The Morgan fingerprint density at radius 2 is 1.96 bits per heavy atom. The maximum absolute atomic E-state index is 10.7. The van der Waals surface area contributed by atoms with Gasteiger partial charge < -0.3 is 9.57 Å². The number of oxime groups is 1. The standard InChI is InChI=1S/C17H14I2N2O4/c1-2-6-24-17-15(18)8-13(9-16(17)19)10-20-25-11-12-4-3-5-14(7-12)21(22)23/h2-5,7-10H,1,6,11H2/b20-10-. The first kappa shape index (κ1) is 19.6. The highest BCUT2D eigenvalue weighted by Gasteiger charge is 2.08. The lowest BCUT2D eigenvalue weighted by atomic mass is 10.2. The molecule has 8 heteroatoms. The summed E-state index contributed by atoms with van der Waals surface area (Å²) in [5.74, 6) is 0.816. The van der Waals surface area contributed by atoms with Crippen molar-refractivity contribution in [1.82, 2.24) is 0 Å². The molecule has 0 aliphatic heterocycles. The Kier molecular flexibility index (Phi) is 7.62. The van der Waals surface area contributed by atoms with E-state index in [0.29, 0.717) is 12.2 Å². The molecule has 6 nitrogen and oxygen atoms in total. The molecule has 2 aromatic rings. The van der Waals surface area contributed by atoms with Gasteiger partial charge in [0.2, 0.25) is 0 Å². The Morgan fingerprint density at radius 1 is 1.24 bits per heavy atom.